The van der Waals surface area contributed by atoms with Gasteiger partial charge in [0.25, 0.3) is 5.56 Å². The van der Waals surface area contributed by atoms with Gasteiger partial charge in [0, 0.05) is 24.2 Å². The molecule has 0 saturated heterocycles. The first-order valence-corrected chi connectivity index (χ1v) is 10.3. The summed E-state index contributed by atoms with van der Waals surface area (Å²) in [7, 11) is 1.99. The number of hydrogen-bond acceptors (Lipinski definition) is 4. The predicted octanol–water partition coefficient (Wildman–Crippen LogP) is 4.26. The van der Waals surface area contributed by atoms with Crippen molar-refractivity contribution < 1.29 is 0 Å². The summed E-state index contributed by atoms with van der Waals surface area (Å²) in [6, 6.07) is 6.31. The van der Waals surface area contributed by atoms with Gasteiger partial charge in [0.2, 0.25) is 0 Å². The molecule has 3 heterocycles. The van der Waals surface area contributed by atoms with E-state index in [0.717, 1.165) is 42.5 Å². The average molecular weight is 387 g/mol. The van der Waals surface area contributed by atoms with E-state index in [4.69, 9.17) is 0 Å². The van der Waals surface area contributed by atoms with Gasteiger partial charge in [-0.05, 0) is 74.6 Å². The molecule has 0 spiro atoms. The van der Waals surface area contributed by atoms with E-state index in [1.807, 2.05) is 30.9 Å². The van der Waals surface area contributed by atoms with Gasteiger partial charge >= 0.3 is 0 Å². The van der Waals surface area contributed by atoms with Crippen molar-refractivity contribution in [3.05, 3.63) is 63.3 Å². The van der Waals surface area contributed by atoms with Crippen molar-refractivity contribution in [3.63, 3.8) is 0 Å². The van der Waals surface area contributed by atoms with E-state index in [1.165, 1.54) is 22.0 Å². The molecule has 6 nitrogen and oxygen atoms in total. The summed E-state index contributed by atoms with van der Waals surface area (Å²) in [5, 5.41) is 5.73. The van der Waals surface area contributed by atoms with Crippen molar-refractivity contribution >= 4 is 22.1 Å². The highest BCUT2D eigenvalue weighted by Gasteiger charge is 2.27. The van der Waals surface area contributed by atoms with Gasteiger partial charge in [-0.15, -0.1) is 0 Å². The Hall–Kier alpha value is -3.02. The van der Waals surface area contributed by atoms with E-state index in [2.05, 4.69) is 39.1 Å². The fourth-order valence-corrected chi connectivity index (χ4v) is 4.97. The minimum absolute atomic E-state index is 0.0219. The van der Waals surface area contributed by atoms with E-state index in [0.29, 0.717) is 11.6 Å². The lowest BCUT2D eigenvalue weighted by atomic mass is 9.75. The molecule has 5 rings (SSSR count). The lowest BCUT2D eigenvalue weighted by molar-refractivity contribution is 0.395. The normalized spacial score (nSPS) is 19.8. The molecule has 1 N–H and O–H groups in total. The molecule has 4 aromatic rings. The molecule has 6 heteroatoms. The monoisotopic (exact) mass is 387 g/mol. The second-order valence-electron chi connectivity index (χ2n) is 8.34. The van der Waals surface area contributed by atoms with E-state index >= 15 is 0 Å². The van der Waals surface area contributed by atoms with Crippen molar-refractivity contribution in [2.24, 2.45) is 7.05 Å². The Labute approximate surface area is 169 Å². The van der Waals surface area contributed by atoms with Crippen LogP contribution < -0.4 is 5.56 Å². The molecule has 1 aliphatic rings. The van der Waals surface area contributed by atoms with Crippen molar-refractivity contribution in [2.45, 2.75) is 51.4 Å². The zero-order chi connectivity index (χ0) is 20.1. The number of aromatic amines is 1. The van der Waals surface area contributed by atoms with Gasteiger partial charge in [-0.1, -0.05) is 6.07 Å². The number of aromatic nitrogens is 5. The molecular formula is C23H25N5O. The number of aryl methyl sites for hydroxylation is 3. The maximum Gasteiger partial charge on any atom is 0.253 e. The molecule has 148 valence electrons. The number of rotatable bonds is 2. The zero-order valence-electron chi connectivity index (χ0n) is 17.1. The van der Waals surface area contributed by atoms with Gasteiger partial charge < -0.3 is 4.98 Å². The maximum atomic E-state index is 12.7. The third kappa shape index (κ3) is 3.03. The summed E-state index contributed by atoms with van der Waals surface area (Å²) in [4.78, 5) is 24.5. The molecule has 29 heavy (non-hydrogen) atoms. The largest absolute Gasteiger partial charge is 0.305 e. The lowest BCUT2D eigenvalue weighted by Crippen LogP contribution is -2.21. The number of H-pyrrole nitrogens is 1. The molecule has 1 fully saturated rings. The second-order valence-corrected chi connectivity index (χ2v) is 8.34. The number of fused-ring (bicyclic) bond motifs is 2. The van der Waals surface area contributed by atoms with Gasteiger partial charge in [0.05, 0.1) is 17.4 Å². The minimum Gasteiger partial charge on any atom is -0.305 e. The fraction of sp³-hybridized carbons (Fsp3) is 0.391. The molecule has 0 aliphatic heterocycles. The van der Waals surface area contributed by atoms with Crippen LogP contribution in [0.5, 0.6) is 0 Å². The highest BCUT2D eigenvalue weighted by molar-refractivity contribution is 5.84. The van der Waals surface area contributed by atoms with Gasteiger partial charge in [-0.2, -0.15) is 5.10 Å². The minimum atomic E-state index is -0.0219. The highest BCUT2D eigenvalue weighted by Crippen LogP contribution is 2.42. The van der Waals surface area contributed by atoms with Crippen LogP contribution in [0.3, 0.4) is 0 Å². The molecule has 0 atom stereocenters. The van der Waals surface area contributed by atoms with E-state index < -0.39 is 0 Å². The Morgan fingerprint density at radius 3 is 2.62 bits per heavy atom. The summed E-state index contributed by atoms with van der Waals surface area (Å²) in [5.74, 6) is 0.789. The molecule has 0 unspecified atom stereocenters. The first-order valence-electron chi connectivity index (χ1n) is 10.3. The van der Waals surface area contributed by atoms with Crippen LogP contribution in [-0.2, 0) is 7.05 Å². The summed E-state index contributed by atoms with van der Waals surface area (Å²) in [6.45, 7) is 4.08. The third-order valence-corrected chi connectivity index (χ3v) is 6.47. The van der Waals surface area contributed by atoms with Crippen LogP contribution in [0.4, 0.5) is 0 Å². The molecule has 1 saturated carbocycles. The topological polar surface area (TPSA) is 76.5 Å². The summed E-state index contributed by atoms with van der Waals surface area (Å²) >= 11 is 0. The molecule has 1 aliphatic carbocycles. The second kappa shape index (κ2) is 6.79. The van der Waals surface area contributed by atoms with E-state index in [1.54, 1.807) is 6.20 Å². The SMILES string of the molecule is Cc1cnc2cc(C3CCC(c4c(C)ccc5c4cnn5C)CC3)c(=O)[nH]c2n1. The quantitative estimate of drug-likeness (QED) is 0.557. The Kier molecular flexibility index (Phi) is 4.23. The van der Waals surface area contributed by atoms with Crippen LogP contribution in [0.1, 0.15) is 59.9 Å². The maximum absolute atomic E-state index is 12.7. The summed E-state index contributed by atoms with van der Waals surface area (Å²) in [6.07, 6.45) is 7.92. The Morgan fingerprint density at radius 1 is 1.07 bits per heavy atom. The molecule has 0 radical (unpaired) electrons. The summed E-state index contributed by atoms with van der Waals surface area (Å²) < 4.78 is 1.95. The van der Waals surface area contributed by atoms with Gasteiger partial charge in [-0.25, -0.2) is 4.98 Å². The summed E-state index contributed by atoms with van der Waals surface area (Å²) in [5.41, 5.74) is 6.94. The Balaban J connectivity index is 1.43. The van der Waals surface area contributed by atoms with Crippen LogP contribution in [0, 0.1) is 13.8 Å². The molecular weight excluding hydrogens is 362 g/mol. The van der Waals surface area contributed by atoms with Crippen LogP contribution in [-0.4, -0.2) is 24.7 Å². The average Bonchev–Trinajstić information content (AvgIpc) is 3.08. The van der Waals surface area contributed by atoms with Crippen LogP contribution >= 0.6 is 0 Å². The molecule has 0 amide bonds. The Bertz CT molecular complexity index is 1280. The first kappa shape index (κ1) is 18.0. The number of nitrogens with one attached hydrogen (secondary N) is 1. The van der Waals surface area contributed by atoms with Crippen molar-refractivity contribution in [3.8, 4) is 0 Å². The number of hydrogen-bond donors (Lipinski definition) is 1. The van der Waals surface area contributed by atoms with Crippen LogP contribution in [0.2, 0.25) is 0 Å². The first-order chi connectivity index (χ1) is 14.0. The van der Waals surface area contributed by atoms with Crippen LogP contribution in [0.15, 0.2) is 35.4 Å². The van der Waals surface area contributed by atoms with Crippen molar-refractivity contribution in [1.82, 2.24) is 24.7 Å². The van der Waals surface area contributed by atoms with Crippen LogP contribution in [0.25, 0.3) is 22.1 Å². The highest BCUT2D eigenvalue weighted by atomic mass is 16.1. The van der Waals surface area contributed by atoms with Gasteiger partial charge in [0.1, 0.15) is 5.52 Å². The lowest BCUT2D eigenvalue weighted by Gasteiger charge is -2.30. The van der Waals surface area contributed by atoms with Gasteiger partial charge in [-0.3, -0.25) is 14.5 Å². The fourth-order valence-electron chi connectivity index (χ4n) is 4.97. The number of benzene rings is 1. The van der Waals surface area contributed by atoms with Crippen molar-refractivity contribution in [1.29, 1.82) is 0 Å². The molecule has 0 bridgehead atoms. The molecule has 3 aromatic heterocycles. The van der Waals surface area contributed by atoms with Gasteiger partial charge in [0.15, 0.2) is 5.65 Å². The smallest absolute Gasteiger partial charge is 0.253 e. The Morgan fingerprint density at radius 2 is 1.83 bits per heavy atom. The number of nitrogens with zero attached hydrogens (tertiary/aromatic N) is 4. The third-order valence-electron chi connectivity index (χ3n) is 6.47. The molecule has 1 aromatic carbocycles. The zero-order valence-corrected chi connectivity index (χ0v) is 17.1. The van der Waals surface area contributed by atoms with Crippen molar-refractivity contribution in [2.75, 3.05) is 0 Å². The standard InChI is InChI=1S/C23H25N5O/c1-13-4-9-20-18(12-25-28(20)3)21(13)16-7-5-15(6-8-16)17-10-19-22(27-23(17)29)26-14(2)11-24-19/h4,9-12,15-16H,5-8H2,1-3H3,(H,26,27,29). The van der Waals surface area contributed by atoms with E-state index in [9.17, 15) is 4.79 Å². The number of pyridine rings is 1. The van der Waals surface area contributed by atoms with E-state index in [-0.39, 0.29) is 11.5 Å². The predicted molar refractivity (Wildman–Crippen MR) is 114 cm³/mol.